The minimum atomic E-state index is -0.762. The number of pyridine rings is 3. The Bertz CT molecular complexity index is 5390. The normalized spacial score (nSPS) is 15.9. The molecule has 0 amide bonds. The van der Waals surface area contributed by atoms with E-state index in [1.165, 1.54) is 125 Å². The molecule has 7 aromatic heterocycles. The van der Waals surface area contributed by atoms with Crippen LogP contribution in [0.5, 0.6) is 11.5 Å². The van der Waals surface area contributed by atoms with Gasteiger partial charge in [0.25, 0.3) is 0 Å². The maximum absolute atomic E-state index is 11.3. The van der Waals surface area contributed by atoms with E-state index in [0.29, 0.717) is 43.9 Å². The number of fused-ring (bicyclic) bond motifs is 13. The van der Waals surface area contributed by atoms with Crippen LogP contribution < -0.4 is 5.56 Å². The van der Waals surface area contributed by atoms with Crippen molar-refractivity contribution in [1.29, 1.82) is 0 Å². The van der Waals surface area contributed by atoms with Gasteiger partial charge in [-0.25, -0.2) is 0 Å². The molecule has 6 aromatic carbocycles. The lowest BCUT2D eigenvalue weighted by Gasteiger charge is -2.32. The number of aromatic hydroxyl groups is 2. The lowest BCUT2D eigenvalue weighted by atomic mass is 9.95. The van der Waals surface area contributed by atoms with Gasteiger partial charge in [0.15, 0.2) is 11.5 Å². The van der Waals surface area contributed by atoms with Gasteiger partial charge in [0.1, 0.15) is 0 Å². The first kappa shape index (κ1) is 73.5. The first-order valence-corrected chi connectivity index (χ1v) is 37.5. The summed E-state index contributed by atoms with van der Waals surface area (Å²) in [6.07, 6.45) is 11.7. The van der Waals surface area contributed by atoms with E-state index in [-0.39, 0.29) is 17.1 Å². The molecule has 0 bridgehead atoms. The van der Waals surface area contributed by atoms with Crippen LogP contribution in [0.25, 0.3) is 54.5 Å². The molecule has 0 fully saturated rings. The molecule has 10 heterocycles. The van der Waals surface area contributed by atoms with E-state index in [2.05, 4.69) is 150 Å². The zero-order chi connectivity index (χ0) is 74.2. The second-order valence-electron chi connectivity index (χ2n) is 30.3. The summed E-state index contributed by atoms with van der Waals surface area (Å²) >= 11 is 6.21. The summed E-state index contributed by atoms with van der Waals surface area (Å²) in [5, 5.41) is 79.7. The Morgan fingerprint density at radius 3 is 1.56 bits per heavy atom. The van der Waals surface area contributed by atoms with Crippen LogP contribution in [0, 0.1) is 20.8 Å². The first-order chi connectivity index (χ1) is 51.0. The summed E-state index contributed by atoms with van der Waals surface area (Å²) < 4.78 is 9.06. The molecule has 0 saturated carbocycles. The van der Waals surface area contributed by atoms with Gasteiger partial charge in [0, 0.05) is 178 Å². The standard InChI is InChI=1S/C24H25N3O.C23H29N3O3.C21H24N2O3.C19H19ClN2O/c1-16-7-8-22-19(13-16)20-14-26(2)12-10-23(20)27(22)15-24(28)18-9-11-25-21-6-4-3-5-17(18)21;1-15-4-6-19-17(10-15)18-12-25(14-23(2,3)29)9-8-20(18)26(19)13-21(27)16-5-7-22(28)24-11-16;1-13-3-5-17-15(9-13)16-11-22(2)8-7-18(16)23(17)12-21(26)14-4-6-19(24)20(25)10-14;20-14-7-8-18-16(10-14)15-5-1-2-6-17(15)22(18)12-19(23)13-4-3-9-21-11-13/h3-9,11,13,24,28H,10,12,14-15H2,1-2H3;4-7,10-11,21,27,29H,8-9,12-14H2,1-3H3,(H,24,28);3-6,9-10,21,24-26H,7-8,11-12H2,1-2H3;3-4,7-11,19,23H,1-2,5-6,12H2. The average molecular weight is 1450 g/mol. The molecule has 8 N–H and O–H groups in total. The molecule has 0 spiro atoms. The summed E-state index contributed by atoms with van der Waals surface area (Å²) in [6.45, 7) is 18.2. The molecule has 18 nitrogen and oxygen atoms in total. The van der Waals surface area contributed by atoms with Crippen molar-refractivity contribution in [3.05, 3.63) is 270 Å². The van der Waals surface area contributed by atoms with Crippen LogP contribution in [0.3, 0.4) is 0 Å². The van der Waals surface area contributed by atoms with Gasteiger partial charge in [-0.1, -0.05) is 76.8 Å². The number of β-amino-alcohol motifs (C(OH)–C–C–N with tert-alkyl or cyclic N) is 1. The first-order valence-electron chi connectivity index (χ1n) is 37.1. The maximum Gasteiger partial charge on any atom is 0.247 e. The summed E-state index contributed by atoms with van der Waals surface area (Å²) in [6, 6.07) is 47.0. The number of aromatic nitrogens is 7. The van der Waals surface area contributed by atoms with E-state index in [0.717, 1.165) is 109 Å². The fourth-order valence-electron chi connectivity index (χ4n) is 16.6. The Morgan fingerprint density at radius 1 is 0.491 bits per heavy atom. The number of rotatable bonds is 14. The van der Waals surface area contributed by atoms with Crippen molar-refractivity contribution < 1.29 is 35.7 Å². The van der Waals surface area contributed by atoms with Crippen LogP contribution in [0.2, 0.25) is 5.02 Å². The SMILES string of the molecule is Cc1ccc2c(c1)c1c(n2CC(O)c2ccc(=O)[nH]c2)CCN(CC(C)(C)O)C1.Cc1ccc2c(c1)c1c(n2CC(O)c2ccc(O)c(O)c2)CCN(C)C1.Cc1ccc2c(c1)c1c(n2CC(O)c2ccnc3ccccc23)CCN(C)C1.OC(Cn1c2c(c3cc(Cl)ccc31)CCCC2)c1cccnc1. The molecule has 3 aliphatic heterocycles. The average Bonchev–Trinajstić information content (AvgIpc) is 1.62. The van der Waals surface area contributed by atoms with Gasteiger partial charge in [0.2, 0.25) is 5.56 Å². The third-order valence-electron chi connectivity index (χ3n) is 21.7. The molecule has 17 rings (SSSR count). The van der Waals surface area contributed by atoms with Gasteiger partial charge in [-0.3, -0.25) is 19.7 Å². The Kier molecular flexibility index (Phi) is 21.6. The highest BCUT2D eigenvalue weighted by atomic mass is 35.5. The summed E-state index contributed by atoms with van der Waals surface area (Å²) in [5.41, 5.74) is 22.2. The number of hydrogen-bond acceptors (Lipinski definition) is 13. The van der Waals surface area contributed by atoms with Crippen molar-refractivity contribution >= 4 is 66.1 Å². The third kappa shape index (κ3) is 15.7. The largest absolute Gasteiger partial charge is 0.504 e. The van der Waals surface area contributed by atoms with Gasteiger partial charge >= 0.3 is 0 Å². The number of para-hydroxylation sites is 1. The van der Waals surface area contributed by atoms with Crippen LogP contribution in [-0.2, 0) is 77.9 Å². The van der Waals surface area contributed by atoms with Crippen LogP contribution in [0.4, 0.5) is 0 Å². The van der Waals surface area contributed by atoms with Crippen molar-refractivity contribution in [1.82, 2.24) is 47.9 Å². The number of nitrogens with zero attached hydrogens (tertiary/aromatic N) is 9. The van der Waals surface area contributed by atoms with E-state index in [4.69, 9.17) is 11.6 Å². The minimum absolute atomic E-state index is 0.174. The Hall–Kier alpha value is -9.44. The number of H-pyrrole nitrogens is 1. The molecule has 106 heavy (non-hydrogen) atoms. The molecular formula is C87H97ClN10O8. The molecule has 1 aliphatic carbocycles. The monoisotopic (exact) mass is 1440 g/mol. The topological polar surface area (TPSA) is 230 Å². The number of nitrogens with one attached hydrogen (secondary N) is 1. The van der Waals surface area contributed by atoms with E-state index < -0.39 is 30.0 Å². The molecule has 4 aliphatic rings. The molecule has 13 aromatic rings. The number of hydrogen-bond donors (Lipinski definition) is 8. The fourth-order valence-corrected chi connectivity index (χ4v) is 16.8. The number of halogens is 1. The van der Waals surface area contributed by atoms with Gasteiger partial charge in [-0.2, -0.15) is 0 Å². The molecule has 4 atom stereocenters. The summed E-state index contributed by atoms with van der Waals surface area (Å²) in [7, 11) is 4.32. The smallest absolute Gasteiger partial charge is 0.247 e. The number of aliphatic hydroxyl groups is 5. The predicted molar refractivity (Wildman–Crippen MR) is 422 cm³/mol. The highest BCUT2D eigenvalue weighted by molar-refractivity contribution is 6.31. The number of aliphatic hydroxyl groups excluding tert-OH is 4. The van der Waals surface area contributed by atoms with Crippen molar-refractivity contribution in [2.45, 2.75) is 155 Å². The van der Waals surface area contributed by atoms with Crippen molar-refractivity contribution in [3.63, 3.8) is 0 Å². The quantitative estimate of drug-likeness (QED) is 0.0474. The second kappa shape index (κ2) is 31.2. The zero-order valence-corrected chi connectivity index (χ0v) is 62.4. The molecule has 19 heteroatoms. The van der Waals surface area contributed by atoms with Crippen LogP contribution in [-0.4, -0.2) is 130 Å². The van der Waals surface area contributed by atoms with Crippen molar-refractivity contribution in [2.24, 2.45) is 0 Å². The number of benzene rings is 6. The number of aryl methyl sites for hydroxylation is 4. The zero-order valence-electron chi connectivity index (χ0n) is 61.6. The number of phenolic OH excluding ortho intramolecular Hbond substituents is 2. The summed E-state index contributed by atoms with van der Waals surface area (Å²) in [5.74, 6) is -0.388. The maximum atomic E-state index is 11.3. The van der Waals surface area contributed by atoms with E-state index in [1.54, 1.807) is 36.9 Å². The third-order valence-corrected chi connectivity index (χ3v) is 22.0. The highest BCUT2D eigenvalue weighted by Crippen LogP contribution is 2.40. The van der Waals surface area contributed by atoms with Gasteiger partial charge in [-0.15, -0.1) is 0 Å². The van der Waals surface area contributed by atoms with Gasteiger partial charge < -0.3 is 68.8 Å². The number of likely N-dealkylation sites (N-methyl/N-ethyl adjacent to an activating group) is 2. The van der Waals surface area contributed by atoms with Crippen LogP contribution >= 0.6 is 11.6 Å². The Balaban J connectivity index is 0.000000119. The van der Waals surface area contributed by atoms with E-state index in [9.17, 15) is 40.5 Å². The van der Waals surface area contributed by atoms with Crippen molar-refractivity contribution in [3.8, 4) is 11.5 Å². The molecule has 4 unspecified atom stereocenters. The molecule has 0 saturated heterocycles. The van der Waals surface area contributed by atoms with E-state index >= 15 is 0 Å². The fraction of sp³-hybridized carbons (Fsp3) is 0.345. The lowest BCUT2D eigenvalue weighted by molar-refractivity contribution is 0.0315. The van der Waals surface area contributed by atoms with Crippen LogP contribution in [0.15, 0.2) is 175 Å². The Morgan fingerprint density at radius 2 is 1.00 bits per heavy atom. The number of aromatic amines is 1. The van der Waals surface area contributed by atoms with Crippen molar-refractivity contribution in [2.75, 3.05) is 40.3 Å². The minimum Gasteiger partial charge on any atom is -0.504 e. The molecule has 550 valence electrons. The summed E-state index contributed by atoms with van der Waals surface area (Å²) in [4.78, 5) is 29.5. The highest BCUT2D eigenvalue weighted by Gasteiger charge is 2.31. The van der Waals surface area contributed by atoms with Gasteiger partial charge in [-0.05, 0) is 204 Å². The predicted octanol–water partition coefficient (Wildman–Crippen LogP) is 14.1. The van der Waals surface area contributed by atoms with Gasteiger partial charge in [0.05, 0.1) is 61.7 Å². The van der Waals surface area contributed by atoms with E-state index in [1.807, 2.05) is 62.4 Å². The van der Waals surface area contributed by atoms with Crippen LogP contribution in [0.1, 0.15) is 135 Å². The Labute approximate surface area is 623 Å². The number of phenols is 2. The molecule has 0 radical (unpaired) electrons. The molecular weight excluding hydrogens is 1350 g/mol. The lowest BCUT2D eigenvalue weighted by Crippen LogP contribution is -2.41. The second-order valence-corrected chi connectivity index (χ2v) is 30.8.